The van der Waals surface area contributed by atoms with Gasteiger partial charge in [-0.3, -0.25) is 4.79 Å². The summed E-state index contributed by atoms with van der Waals surface area (Å²) in [5.41, 5.74) is 4.22. The van der Waals surface area contributed by atoms with Crippen molar-refractivity contribution in [3.63, 3.8) is 0 Å². The molecular formula is C32H43N3O3S. The fourth-order valence-corrected chi connectivity index (χ4v) is 6.48. The van der Waals surface area contributed by atoms with E-state index < -0.39 is 0 Å². The number of methoxy groups -OCH3 is 1. The Bertz CT molecular complexity index is 1200. The molecule has 2 aromatic rings. The molecule has 1 amide bonds. The molecule has 1 aromatic carbocycles. The van der Waals surface area contributed by atoms with Gasteiger partial charge in [0.2, 0.25) is 5.91 Å². The van der Waals surface area contributed by atoms with Gasteiger partial charge in [0, 0.05) is 23.7 Å². The number of hydrogen-bond donors (Lipinski definition) is 1. The number of aliphatic hydroxyl groups excluding tert-OH is 1. The van der Waals surface area contributed by atoms with E-state index in [4.69, 9.17) is 4.74 Å². The maximum atomic E-state index is 13.9. The van der Waals surface area contributed by atoms with E-state index in [1.54, 1.807) is 7.11 Å². The smallest absolute Gasteiger partial charge is 0.230 e. The first-order chi connectivity index (χ1) is 18.7. The molecule has 0 unspecified atom stereocenters. The van der Waals surface area contributed by atoms with Crippen LogP contribution in [0.2, 0.25) is 0 Å². The summed E-state index contributed by atoms with van der Waals surface area (Å²) in [5, 5.41) is 10.9. The molecule has 39 heavy (non-hydrogen) atoms. The molecule has 0 radical (unpaired) electrons. The number of benzene rings is 1. The lowest BCUT2D eigenvalue weighted by Crippen LogP contribution is -2.42. The quantitative estimate of drug-likeness (QED) is 0.263. The predicted molar refractivity (Wildman–Crippen MR) is 160 cm³/mol. The fraction of sp³-hybridized carbons (Fsp3) is 0.531. The van der Waals surface area contributed by atoms with E-state index in [2.05, 4.69) is 28.1 Å². The number of aromatic nitrogens is 2. The number of allylic oxidation sites excluding steroid dienone is 4. The minimum Gasteiger partial charge on any atom is -0.497 e. The van der Waals surface area contributed by atoms with Crippen LogP contribution in [0, 0.1) is 24.7 Å². The van der Waals surface area contributed by atoms with Crippen LogP contribution in [0.25, 0.3) is 10.6 Å². The van der Waals surface area contributed by atoms with Gasteiger partial charge in [0.1, 0.15) is 16.6 Å². The van der Waals surface area contributed by atoms with Gasteiger partial charge >= 0.3 is 0 Å². The molecule has 0 atom stereocenters. The van der Waals surface area contributed by atoms with Gasteiger partial charge in [-0.1, -0.05) is 30.4 Å². The standard InChI is InChI=1S/C32H43N3O3S/c1-21(2)30(38-5)18-9-22(3)25-12-10-24(11-13-25)20-35(32(37)26-14-16-29(36)17-15-26)28-8-6-7-27(19-28)31-33-23(4)34-39-31/h6-9,18-19,24-26,29,36H,3,10-17,20H2,1-2,4-5H3/b18-9-. The average Bonchev–Trinajstić information content (AvgIpc) is 3.38. The van der Waals surface area contributed by atoms with E-state index in [0.717, 1.165) is 84.1 Å². The summed E-state index contributed by atoms with van der Waals surface area (Å²) in [6.45, 7) is 11.1. The average molecular weight is 550 g/mol. The summed E-state index contributed by atoms with van der Waals surface area (Å²) < 4.78 is 9.80. The number of rotatable bonds is 9. The highest BCUT2D eigenvalue weighted by atomic mass is 32.1. The van der Waals surface area contributed by atoms with Crippen molar-refractivity contribution in [3.05, 3.63) is 65.7 Å². The van der Waals surface area contributed by atoms with Crippen molar-refractivity contribution in [2.24, 2.45) is 17.8 Å². The Morgan fingerprint density at radius 3 is 2.41 bits per heavy atom. The Hall–Kier alpha value is -2.77. The zero-order chi connectivity index (χ0) is 27.9. The molecule has 2 saturated carbocycles. The largest absolute Gasteiger partial charge is 0.497 e. The number of ether oxygens (including phenoxy) is 1. The van der Waals surface area contributed by atoms with Crippen molar-refractivity contribution >= 4 is 23.1 Å². The third-order valence-electron chi connectivity index (χ3n) is 8.22. The van der Waals surface area contributed by atoms with Crippen LogP contribution < -0.4 is 4.90 Å². The van der Waals surface area contributed by atoms with Crippen molar-refractivity contribution in [3.8, 4) is 10.6 Å². The number of aliphatic hydroxyl groups is 1. The second kappa shape index (κ2) is 13.5. The molecule has 7 heteroatoms. The van der Waals surface area contributed by atoms with Gasteiger partial charge in [0.15, 0.2) is 0 Å². The Morgan fingerprint density at radius 1 is 1.10 bits per heavy atom. The molecule has 2 aliphatic rings. The first kappa shape index (κ1) is 29.2. The van der Waals surface area contributed by atoms with Crippen LogP contribution in [-0.4, -0.2) is 40.1 Å². The molecule has 0 bridgehead atoms. The van der Waals surface area contributed by atoms with Crippen LogP contribution in [0.15, 0.2) is 59.9 Å². The number of carbonyl (C=O) groups excluding carboxylic acids is 1. The predicted octanol–water partition coefficient (Wildman–Crippen LogP) is 7.26. The minimum absolute atomic E-state index is 0.0351. The lowest BCUT2D eigenvalue weighted by molar-refractivity contribution is -0.124. The molecule has 6 nitrogen and oxygen atoms in total. The van der Waals surface area contributed by atoms with E-state index in [1.807, 2.05) is 49.9 Å². The molecule has 0 spiro atoms. The third kappa shape index (κ3) is 7.67. The van der Waals surface area contributed by atoms with Crippen LogP contribution in [0.5, 0.6) is 0 Å². The van der Waals surface area contributed by atoms with Crippen LogP contribution >= 0.6 is 11.5 Å². The van der Waals surface area contributed by atoms with E-state index in [-0.39, 0.29) is 17.9 Å². The van der Waals surface area contributed by atoms with Gasteiger partial charge in [-0.15, -0.1) is 0 Å². The van der Waals surface area contributed by atoms with Crippen LogP contribution in [0.3, 0.4) is 0 Å². The number of amides is 1. The topological polar surface area (TPSA) is 75.5 Å². The van der Waals surface area contributed by atoms with Crippen molar-refractivity contribution in [2.45, 2.75) is 78.2 Å². The summed E-state index contributed by atoms with van der Waals surface area (Å²) in [4.78, 5) is 20.5. The molecule has 1 heterocycles. The van der Waals surface area contributed by atoms with Crippen molar-refractivity contribution in [1.82, 2.24) is 9.36 Å². The Labute approximate surface area is 237 Å². The Kier molecular flexibility index (Phi) is 10.1. The summed E-state index contributed by atoms with van der Waals surface area (Å²) in [6, 6.07) is 8.18. The van der Waals surface area contributed by atoms with E-state index >= 15 is 0 Å². The molecule has 1 aromatic heterocycles. The van der Waals surface area contributed by atoms with Gasteiger partial charge in [-0.2, -0.15) is 4.37 Å². The summed E-state index contributed by atoms with van der Waals surface area (Å²) in [6.07, 6.45) is 11.0. The molecule has 0 saturated heterocycles. The van der Waals surface area contributed by atoms with Crippen LogP contribution in [0.1, 0.15) is 71.0 Å². The molecule has 0 aliphatic heterocycles. The van der Waals surface area contributed by atoms with Crippen LogP contribution in [-0.2, 0) is 9.53 Å². The number of anilines is 1. The summed E-state index contributed by atoms with van der Waals surface area (Å²) >= 11 is 1.39. The Morgan fingerprint density at radius 2 is 1.79 bits per heavy atom. The molecule has 4 rings (SSSR count). The lowest BCUT2D eigenvalue weighted by atomic mass is 9.78. The first-order valence-electron chi connectivity index (χ1n) is 14.2. The highest BCUT2D eigenvalue weighted by molar-refractivity contribution is 7.09. The van der Waals surface area contributed by atoms with Gasteiger partial charge in [0.05, 0.1) is 13.2 Å². The van der Waals surface area contributed by atoms with Crippen molar-refractivity contribution in [2.75, 3.05) is 18.6 Å². The molecule has 2 aliphatic carbocycles. The van der Waals surface area contributed by atoms with Crippen molar-refractivity contribution in [1.29, 1.82) is 0 Å². The van der Waals surface area contributed by atoms with Crippen LogP contribution in [0.4, 0.5) is 5.69 Å². The van der Waals surface area contributed by atoms with E-state index in [9.17, 15) is 9.90 Å². The zero-order valence-electron chi connectivity index (χ0n) is 23.9. The second-order valence-corrected chi connectivity index (χ2v) is 12.1. The third-order valence-corrected chi connectivity index (χ3v) is 9.07. The molecule has 2 fully saturated rings. The zero-order valence-corrected chi connectivity index (χ0v) is 24.7. The fourth-order valence-electron chi connectivity index (χ4n) is 5.82. The maximum Gasteiger partial charge on any atom is 0.230 e. The van der Waals surface area contributed by atoms with Gasteiger partial charge in [-0.25, -0.2) is 4.98 Å². The summed E-state index contributed by atoms with van der Waals surface area (Å²) in [7, 11) is 1.70. The highest BCUT2D eigenvalue weighted by Gasteiger charge is 2.32. The number of hydrogen-bond acceptors (Lipinski definition) is 6. The second-order valence-electron chi connectivity index (χ2n) is 11.3. The molecule has 210 valence electrons. The van der Waals surface area contributed by atoms with Gasteiger partial charge in [-0.05, 0) is 119 Å². The number of nitrogens with zero attached hydrogens (tertiary/aromatic N) is 3. The maximum absolute atomic E-state index is 13.9. The number of carbonyl (C=O) groups is 1. The van der Waals surface area contributed by atoms with E-state index in [0.29, 0.717) is 24.7 Å². The minimum atomic E-state index is -0.277. The molecular weight excluding hydrogens is 506 g/mol. The van der Waals surface area contributed by atoms with Gasteiger partial charge in [0.25, 0.3) is 0 Å². The van der Waals surface area contributed by atoms with Crippen molar-refractivity contribution < 1.29 is 14.6 Å². The van der Waals surface area contributed by atoms with Gasteiger partial charge < -0.3 is 14.7 Å². The number of aryl methyl sites for hydroxylation is 1. The Balaban J connectivity index is 1.47. The monoisotopic (exact) mass is 549 g/mol. The first-order valence-corrected chi connectivity index (χ1v) is 15.0. The highest BCUT2D eigenvalue weighted by Crippen LogP contribution is 2.36. The van der Waals surface area contributed by atoms with E-state index in [1.165, 1.54) is 11.5 Å². The SMILES string of the molecule is C=C(/C=C\C(OC)=C(C)C)C1CCC(CN(C(=O)C2CCC(O)CC2)c2cccc(-c3nc(C)ns3)c2)CC1. The normalized spacial score (nSPS) is 23.4. The summed E-state index contributed by atoms with van der Waals surface area (Å²) in [5.74, 6) is 2.71. The lowest BCUT2D eigenvalue weighted by Gasteiger charge is -2.36. The molecule has 1 N–H and O–H groups in total.